The summed E-state index contributed by atoms with van der Waals surface area (Å²) < 4.78 is 0. The van der Waals surface area contributed by atoms with Gasteiger partial charge in [0.15, 0.2) is 0 Å². The van der Waals surface area contributed by atoms with E-state index >= 15 is 0 Å². The lowest BCUT2D eigenvalue weighted by Gasteiger charge is -2.36. The molecule has 11 nitrogen and oxygen atoms in total. The summed E-state index contributed by atoms with van der Waals surface area (Å²) in [7, 11) is 0. The molecule has 0 aromatic heterocycles. The summed E-state index contributed by atoms with van der Waals surface area (Å²) in [6, 6.07) is -2.68. The van der Waals surface area contributed by atoms with Crippen LogP contribution in [0.25, 0.3) is 0 Å². The molecule has 11 heteroatoms. The van der Waals surface area contributed by atoms with Crippen molar-refractivity contribution >= 4 is 35.8 Å². The molecule has 218 valence electrons. The van der Waals surface area contributed by atoms with Gasteiger partial charge in [-0.25, -0.2) is 0 Å². The molecule has 5 N–H and O–H groups in total. The number of amides is 5. The Labute approximate surface area is 231 Å². The van der Waals surface area contributed by atoms with Crippen molar-refractivity contribution in [1.29, 1.82) is 0 Å². The van der Waals surface area contributed by atoms with E-state index in [9.17, 15) is 28.8 Å². The zero-order chi connectivity index (χ0) is 28.9. The Balaban J connectivity index is 2.16. The Morgan fingerprint density at radius 2 is 1.79 bits per heavy atom. The minimum absolute atomic E-state index is 0.0811. The summed E-state index contributed by atoms with van der Waals surface area (Å²) in [4.78, 5) is 75.8. The van der Waals surface area contributed by atoms with Crippen LogP contribution in [0.15, 0.2) is 12.2 Å². The van der Waals surface area contributed by atoms with Crippen LogP contribution in [-0.4, -0.2) is 70.9 Å². The van der Waals surface area contributed by atoms with E-state index in [4.69, 9.17) is 5.73 Å². The number of primary amides is 1. The van der Waals surface area contributed by atoms with Crippen LogP contribution in [0.5, 0.6) is 0 Å². The van der Waals surface area contributed by atoms with Crippen LogP contribution < -0.4 is 21.7 Å². The van der Waals surface area contributed by atoms with Crippen molar-refractivity contribution in [3.8, 4) is 0 Å². The van der Waals surface area contributed by atoms with Gasteiger partial charge in [-0.15, -0.1) is 0 Å². The minimum Gasteiger partial charge on any atom is -0.370 e. The maximum Gasteiger partial charge on any atom is 0.246 e. The summed E-state index contributed by atoms with van der Waals surface area (Å²) in [6.45, 7) is 4.98. The standard InChI is InChI=1S/C28H45N5O6/c1-4-8-20(9-7-16-34)17-23(31-19(3)35)26(37)32-22-11-6-5-10-21-13-14-24(33(21)28(22)39)27(38)30-18(2)12-15-25(29)36/h4,8,16,18,20-24H,5-7,9-15,17H2,1-3H3,(H2,29,36)(H,30,38)(H,31,35)(H,32,37). The topological polar surface area (TPSA) is 168 Å². The molecule has 2 rings (SSSR count). The summed E-state index contributed by atoms with van der Waals surface area (Å²) in [5.41, 5.74) is 5.22. The first-order valence-corrected chi connectivity index (χ1v) is 14.1. The van der Waals surface area contributed by atoms with Crippen molar-refractivity contribution < 1.29 is 28.8 Å². The molecule has 2 aliphatic heterocycles. The van der Waals surface area contributed by atoms with Gasteiger partial charge in [-0.05, 0) is 64.7 Å². The SMILES string of the molecule is CC=CC(CCC=O)CC(NC(C)=O)C(=O)NC1CCCCC2CCC(C(=O)NC(C)CCC(N)=O)N2C1=O. The molecule has 0 saturated carbocycles. The number of nitrogens with zero attached hydrogens (tertiary/aromatic N) is 1. The predicted molar refractivity (Wildman–Crippen MR) is 146 cm³/mol. The van der Waals surface area contributed by atoms with E-state index in [0.717, 1.165) is 25.5 Å². The fraction of sp³-hybridized carbons (Fsp3) is 0.714. The molecule has 0 spiro atoms. The average molecular weight is 548 g/mol. The van der Waals surface area contributed by atoms with Crippen LogP contribution in [0.2, 0.25) is 0 Å². The number of rotatable bonds is 14. The van der Waals surface area contributed by atoms with Crippen molar-refractivity contribution in [1.82, 2.24) is 20.9 Å². The Morgan fingerprint density at radius 3 is 2.44 bits per heavy atom. The highest BCUT2D eigenvalue weighted by molar-refractivity contribution is 5.94. The number of nitrogens with two attached hydrogens (primary N) is 1. The third-order valence-electron chi connectivity index (χ3n) is 7.52. The van der Waals surface area contributed by atoms with Gasteiger partial charge in [0.1, 0.15) is 24.4 Å². The first-order valence-electron chi connectivity index (χ1n) is 14.1. The van der Waals surface area contributed by atoms with Gasteiger partial charge < -0.3 is 31.4 Å². The maximum atomic E-state index is 13.8. The molecule has 6 atom stereocenters. The molecule has 6 unspecified atom stereocenters. The van der Waals surface area contributed by atoms with E-state index in [-0.39, 0.29) is 42.1 Å². The lowest BCUT2D eigenvalue weighted by atomic mass is 9.93. The Bertz CT molecular complexity index is 922. The second-order valence-corrected chi connectivity index (χ2v) is 10.8. The van der Waals surface area contributed by atoms with Crippen LogP contribution >= 0.6 is 0 Å². The molecule has 0 aromatic rings. The zero-order valence-electron chi connectivity index (χ0n) is 23.4. The number of carbonyl (C=O) groups is 6. The first kappa shape index (κ1) is 32.0. The van der Waals surface area contributed by atoms with Crippen LogP contribution in [0, 0.1) is 5.92 Å². The number of carbonyl (C=O) groups excluding carboxylic acids is 6. The highest BCUT2D eigenvalue weighted by atomic mass is 16.2. The first-order chi connectivity index (χ1) is 18.6. The Morgan fingerprint density at radius 1 is 1.08 bits per heavy atom. The van der Waals surface area contributed by atoms with Crippen molar-refractivity contribution in [3.63, 3.8) is 0 Å². The quantitative estimate of drug-likeness (QED) is 0.188. The van der Waals surface area contributed by atoms with E-state index in [1.807, 2.05) is 19.1 Å². The smallest absolute Gasteiger partial charge is 0.246 e. The highest BCUT2D eigenvalue weighted by Crippen LogP contribution is 2.31. The molecule has 0 radical (unpaired) electrons. The van der Waals surface area contributed by atoms with Crippen LogP contribution in [-0.2, 0) is 28.8 Å². The van der Waals surface area contributed by atoms with Crippen LogP contribution in [0.1, 0.15) is 91.4 Å². The normalized spacial score (nSPS) is 23.6. The van der Waals surface area contributed by atoms with Crippen molar-refractivity contribution in [2.45, 2.75) is 122 Å². The number of aldehydes is 1. The molecular weight excluding hydrogens is 502 g/mol. The van der Waals surface area contributed by atoms with Gasteiger partial charge in [-0.1, -0.05) is 25.0 Å². The number of fused-ring (bicyclic) bond motifs is 1. The van der Waals surface area contributed by atoms with E-state index in [2.05, 4.69) is 16.0 Å². The minimum atomic E-state index is -0.867. The number of hydrogen-bond acceptors (Lipinski definition) is 6. The van der Waals surface area contributed by atoms with E-state index < -0.39 is 29.9 Å². The van der Waals surface area contributed by atoms with Crippen molar-refractivity contribution in [2.75, 3.05) is 0 Å². The molecule has 0 aromatic carbocycles. The van der Waals surface area contributed by atoms with Gasteiger partial charge >= 0.3 is 0 Å². The fourth-order valence-corrected chi connectivity index (χ4v) is 5.59. The van der Waals surface area contributed by atoms with Crippen molar-refractivity contribution in [2.24, 2.45) is 11.7 Å². The number of nitrogens with one attached hydrogen (secondary N) is 3. The van der Waals surface area contributed by atoms with Gasteiger partial charge in [-0.3, -0.25) is 24.0 Å². The largest absolute Gasteiger partial charge is 0.370 e. The second kappa shape index (κ2) is 16.0. The highest BCUT2D eigenvalue weighted by Gasteiger charge is 2.44. The third-order valence-corrected chi connectivity index (χ3v) is 7.52. The fourth-order valence-electron chi connectivity index (χ4n) is 5.59. The summed E-state index contributed by atoms with van der Waals surface area (Å²) in [5.74, 6) is -1.91. The molecule has 2 fully saturated rings. The molecule has 2 heterocycles. The lowest BCUT2D eigenvalue weighted by molar-refractivity contribution is -0.144. The lowest BCUT2D eigenvalue weighted by Crippen LogP contribution is -2.59. The number of allylic oxidation sites excluding steroid dienone is 2. The van der Waals surface area contributed by atoms with E-state index in [1.54, 1.807) is 11.8 Å². The third kappa shape index (κ3) is 10.1. The zero-order valence-corrected chi connectivity index (χ0v) is 23.4. The second-order valence-electron chi connectivity index (χ2n) is 10.8. The predicted octanol–water partition coefficient (Wildman–Crippen LogP) is 1.24. The van der Waals surface area contributed by atoms with Gasteiger partial charge in [0.2, 0.25) is 29.5 Å². The van der Waals surface area contributed by atoms with Gasteiger partial charge in [0, 0.05) is 31.8 Å². The summed E-state index contributed by atoms with van der Waals surface area (Å²) in [5, 5.41) is 8.47. The van der Waals surface area contributed by atoms with Gasteiger partial charge in [0.05, 0.1) is 0 Å². The molecule has 0 bridgehead atoms. The van der Waals surface area contributed by atoms with E-state index in [1.165, 1.54) is 6.92 Å². The van der Waals surface area contributed by atoms with Crippen LogP contribution in [0.4, 0.5) is 0 Å². The molecule has 2 aliphatic rings. The van der Waals surface area contributed by atoms with Crippen LogP contribution in [0.3, 0.4) is 0 Å². The van der Waals surface area contributed by atoms with Gasteiger partial charge in [-0.2, -0.15) is 0 Å². The molecular formula is C28H45N5O6. The molecule has 2 saturated heterocycles. The van der Waals surface area contributed by atoms with Crippen molar-refractivity contribution in [3.05, 3.63) is 12.2 Å². The van der Waals surface area contributed by atoms with Gasteiger partial charge in [0.25, 0.3) is 0 Å². The molecule has 39 heavy (non-hydrogen) atoms. The van der Waals surface area contributed by atoms with E-state index in [0.29, 0.717) is 44.9 Å². The average Bonchev–Trinajstić information content (AvgIpc) is 3.29. The Hall–Kier alpha value is -3.24. The monoisotopic (exact) mass is 547 g/mol. The summed E-state index contributed by atoms with van der Waals surface area (Å²) in [6.07, 6.45) is 10.4. The number of hydrogen-bond donors (Lipinski definition) is 4. The summed E-state index contributed by atoms with van der Waals surface area (Å²) >= 11 is 0. The molecule has 0 aliphatic carbocycles. The molecule has 5 amide bonds. The Kier molecular flexibility index (Phi) is 13.1. The maximum absolute atomic E-state index is 13.8.